The van der Waals surface area contributed by atoms with E-state index >= 15 is 0 Å². The molecule has 2 aromatic rings. The fourth-order valence-corrected chi connectivity index (χ4v) is 3.15. The second-order valence-corrected chi connectivity index (χ2v) is 5.91. The molecule has 0 aliphatic heterocycles. The van der Waals surface area contributed by atoms with Crippen molar-refractivity contribution in [3.63, 3.8) is 0 Å². The molecule has 0 radical (unpaired) electrons. The van der Waals surface area contributed by atoms with Gasteiger partial charge in [0.25, 0.3) is 0 Å². The largest absolute Gasteiger partial charge is 0.325 e. The van der Waals surface area contributed by atoms with E-state index in [0.717, 1.165) is 11.3 Å². The number of benzene rings is 2. The van der Waals surface area contributed by atoms with Gasteiger partial charge >= 0.3 is 0 Å². The maximum absolute atomic E-state index is 13.0. The zero-order chi connectivity index (χ0) is 15.2. The summed E-state index contributed by atoms with van der Waals surface area (Å²) in [5.41, 5.74) is 1.45. The molecule has 2 nitrogen and oxygen atoms in total. The highest BCUT2D eigenvalue weighted by atomic mass is 35.5. The van der Waals surface area contributed by atoms with Gasteiger partial charge in [0.05, 0.1) is 5.38 Å². The number of anilines is 1. The maximum atomic E-state index is 13.0. The van der Waals surface area contributed by atoms with Gasteiger partial charge in [0.2, 0.25) is 5.91 Å². The lowest BCUT2D eigenvalue weighted by Crippen LogP contribution is -2.28. The lowest BCUT2D eigenvalue weighted by Gasteiger charge is -2.20. The van der Waals surface area contributed by atoms with E-state index in [1.807, 2.05) is 36.6 Å². The predicted octanol–water partition coefficient (Wildman–Crippen LogP) is 4.48. The molecular weight excluding hydrogens is 309 g/mol. The van der Waals surface area contributed by atoms with Gasteiger partial charge in [-0.05, 0) is 36.1 Å². The van der Waals surface area contributed by atoms with E-state index in [1.165, 1.54) is 23.9 Å². The first kappa shape index (κ1) is 15.9. The predicted molar refractivity (Wildman–Crippen MR) is 87.4 cm³/mol. The molecule has 2 rings (SSSR count). The van der Waals surface area contributed by atoms with E-state index in [2.05, 4.69) is 5.32 Å². The first-order chi connectivity index (χ1) is 10.1. The highest BCUT2D eigenvalue weighted by Crippen LogP contribution is 2.32. The molecule has 1 N–H and O–H groups in total. The summed E-state index contributed by atoms with van der Waals surface area (Å²) in [5.74, 6) is -0.491. The van der Waals surface area contributed by atoms with Crippen LogP contribution < -0.4 is 5.32 Å². The van der Waals surface area contributed by atoms with Crippen molar-refractivity contribution in [3.05, 3.63) is 66.0 Å². The van der Waals surface area contributed by atoms with Crippen molar-refractivity contribution in [1.29, 1.82) is 0 Å². The molecule has 0 fully saturated rings. The molecular formula is C16H15ClFNOS. The number of nitrogens with one attached hydrogen (secondary N) is 1. The second-order valence-electron chi connectivity index (χ2n) is 4.46. The quantitative estimate of drug-likeness (QED) is 0.822. The number of amides is 1. The normalized spacial score (nSPS) is 13.5. The third-order valence-electron chi connectivity index (χ3n) is 3.01. The van der Waals surface area contributed by atoms with E-state index in [4.69, 9.17) is 11.6 Å². The Morgan fingerprint density at radius 1 is 1.14 bits per heavy atom. The number of thioether (sulfide) groups is 1. The fraction of sp³-hybridized carbons (Fsp3) is 0.188. The van der Waals surface area contributed by atoms with Gasteiger partial charge in [-0.15, -0.1) is 11.6 Å². The molecule has 2 atom stereocenters. The lowest BCUT2D eigenvalue weighted by atomic mass is 10.1. The number of para-hydroxylation sites is 1. The van der Waals surface area contributed by atoms with Gasteiger partial charge in [-0.25, -0.2) is 4.39 Å². The van der Waals surface area contributed by atoms with Crippen molar-refractivity contribution in [1.82, 2.24) is 0 Å². The number of hydrogen-bond donors (Lipinski definition) is 1. The summed E-state index contributed by atoms with van der Waals surface area (Å²) in [4.78, 5) is 12.3. The molecule has 0 aromatic heterocycles. The summed E-state index contributed by atoms with van der Waals surface area (Å²) in [6.45, 7) is 0. The van der Waals surface area contributed by atoms with Gasteiger partial charge in [-0.3, -0.25) is 4.79 Å². The molecule has 21 heavy (non-hydrogen) atoms. The molecule has 110 valence electrons. The number of rotatable bonds is 5. The minimum Gasteiger partial charge on any atom is -0.325 e. The number of hydrogen-bond acceptors (Lipinski definition) is 2. The third-order valence-corrected chi connectivity index (χ3v) is 4.66. The first-order valence-electron chi connectivity index (χ1n) is 6.40. The monoisotopic (exact) mass is 323 g/mol. The Bertz CT molecular complexity index is 591. The average Bonchev–Trinajstić information content (AvgIpc) is 2.49. The van der Waals surface area contributed by atoms with Crippen LogP contribution in [-0.4, -0.2) is 17.4 Å². The molecule has 0 aliphatic carbocycles. The summed E-state index contributed by atoms with van der Waals surface area (Å²) >= 11 is 7.75. The SMILES string of the molecule is CS[C@@H](C(=O)Nc1ccccc1)[C@H](Cl)c1ccc(F)cc1. The van der Waals surface area contributed by atoms with Crippen molar-refractivity contribution >= 4 is 35.0 Å². The second kappa shape index (κ2) is 7.48. The minimum absolute atomic E-state index is 0.168. The summed E-state index contributed by atoms with van der Waals surface area (Å²) in [5, 5.41) is 1.85. The summed E-state index contributed by atoms with van der Waals surface area (Å²) in [6.07, 6.45) is 1.83. The van der Waals surface area contributed by atoms with E-state index in [0.29, 0.717) is 0 Å². The van der Waals surface area contributed by atoms with Gasteiger partial charge in [-0.2, -0.15) is 11.8 Å². The van der Waals surface area contributed by atoms with Gasteiger partial charge in [0.1, 0.15) is 11.1 Å². The Labute approximate surface area is 132 Å². The molecule has 0 heterocycles. The zero-order valence-corrected chi connectivity index (χ0v) is 13.0. The van der Waals surface area contributed by atoms with Crippen molar-refractivity contribution in [3.8, 4) is 0 Å². The molecule has 0 bridgehead atoms. The number of carbonyl (C=O) groups excluding carboxylic acids is 1. The summed E-state index contributed by atoms with van der Waals surface area (Å²) in [7, 11) is 0. The molecule has 5 heteroatoms. The molecule has 0 saturated carbocycles. The maximum Gasteiger partial charge on any atom is 0.239 e. The molecule has 2 aromatic carbocycles. The number of carbonyl (C=O) groups is 1. The Morgan fingerprint density at radius 3 is 2.33 bits per heavy atom. The summed E-state index contributed by atoms with van der Waals surface area (Å²) in [6, 6.07) is 15.1. The molecule has 0 spiro atoms. The van der Waals surface area contributed by atoms with Gasteiger partial charge in [0.15, 0.2) is 0 Å². The van der Waals surface area contributed by atoms with Crippen molar-refractivity contribution in [2.75, 3.05) is 11.6 Å². The van der Waals surface area contributed by atoms with Crippen LogP contribution in [0.2, 0.25) is 0 Å². The van der Waals surface area contributed by atoms with E-state index < -0.39 is 10.6 Å². The lowest BCUT2D eigenvalue weighted by molar-refractivity contribution is -0.115. The van der Waals surface area contributed by atoms with Gasteiger partial charge < -0.3 is 5.32 Å². The van der Waals surface area contributed by atoms with Crippen LogP contribution in [0.1, 0.15) is 10.9 Å². The Hall–Kier alpha value is -1.52. The van der Waals surface area contributed by atoms with Crippen LogP contribution in [0.25, 0.3) is 0 Å². The van der Waals surface area contributed by atoms with Crippen molar-refractivity contribution < 1.29 is 9.18 Å². The molecule has 0 saturated heterocycles. The van der Waals surface area contributed by atoms with E-state index in [9.17, 15) is 9.18 Å². The van der Waals surface area contributed by atoms with Crippen molar-refractivity contribution in [2.45, 2.75) is 10.6 Å². The van der Waals surface area contributed by atoms with Crippen LogP contribution in [0, 0.1) is 5.82 Å². The Balaban J connectivity index is 2.11. The molecule has 0 aliphatic rings. The summed E-state index contributed by atoms with van der Waals surface area (Å²) < 4.78 is 13.0. The van der Waals surface area contributed by atoms with Crippen LogP contribution in [0.15, 0.2) is 54.6 Å². The highest BCUT2D eigenvalue weighted by molar-refractivity contribution is 8.00. The number of alkyl halides is 1. The van der Waals surface area contributed by atoms with Crippen molar-refractivity contribution in [2.24, 2.45) is 0 Å². The third kappa shape index (κ3) is 4.22. The zero-order valence-electron chi connectivity index (χ0n) is 11.4. The van der Waals surface area contributed by atoms with Crippen LogP contribution in [0.3, 0.4) is 0 Å². The van der Waals surface area contributed by atoms with Crippen LogP contribution in [-0.2, 0) is 4.79 Å². The smallest absolute Gasteiger partial charge is 0.239 e. The minimum atomic E-state index is -0.524. The highest BCUT2D eigenvalue weighted by Gasteiger charge is 2.27. The van der Waals surface area contributed by atoms with Gasteiger partial charge in [0, 0.05) is 5.69 Å². The standard InChI is InChI=1S/C16H15ClFNOS/c1-21-15(14(17)11-7-9-12(18)10-8-11)16(20)19-13-5-3-2-4-6-13/h2-10,14-15H,1H3,(H,19,20)/t14-,15-/m1/s1. The molecule has 1 amide bonds. The fourth-order valence-electron chi connectivity index (χ4n) is 1.92. The van der Waals surface area contributed by atoms with Gasteiger partial charge in [-0.1, -0.05) is 30.3 Å². The Kier molecular flexibility index (Phi) is 5.65. The topological polar surface area (TPSA) is 29.1 Å². The number of halogens is 2. The van der Waals surface area contributed by atoms with Crippen LogP contribution >= 0.6 is 23.4 Å². The molecule has 0 unspecified atom stereocenters. The Morgan fingerprint density at radius 2 is 1.76 bits per heavy atom. The van der Waals surface area contributed by atoms with E-state index in [-0.39, 0.29) is 11.7 Å². The van der Waals surface area contributed by atoms with Crippen LogP contribution in [0.4, 0.5) is 10.1 Å². The van der Waals surface area contributed by atoms with Crippen LogP contribution in [0.5, 0.6) is 0 Å². The average molecular weight is 324 g/mol. The first-order valence-corrected chi connectivity index (χ1v) is 8.12. The van der Waals surface area contributed by atoms with E-state index in [1.54, 1.807) is 12.1 Å².